The largest absolute Gasteiger partial charge is 0.335 e. The van der Waals surface area contributed by atoms with Crippen LogP contribution < -0.4 is 10.6 Å². The first-order valence-corrected chi connectivity index (χ1v) is 6.94. The van der Waals surface area contributed by atoms with Crippen molar-refractivity contribution in [2.75, 3.05) is 5.32 Å². The molecule has 0 aliphatic heterocycles. The summed E-state index contributed by atoms with van der Waals surface area (Å²) in [5, 5.41) is 5.94. The molecular formula is C15H22N2O. The van der Waals surface area contributed by atoms with Crippen molar-refractivity contribution in [1.82, 2.24) is 5.32 Å². The normalized spacial score (nSPS) is 16.3. The van der Waals surface area contributed by atoms with Crippen molar-refractivity contribution in [2.45, 2.75) is 51.5 Å². The van der Waals surface area contributed by atoms with Crippen LogP contribution in [0.15, 0.2) is 24.3 Å². The Bertz CT molecular complexity index is 380. The number of aryl methyl sites for hydroxylation is 1. The Hall–Kier alpha value is -1.51. The van der Waals surface area contributed by atoms with Crippen LogP contribution in [0.2, 0.25) is 0 Å². The third kappa shape index (κ3) is 3.76. The van der Waals surface area contributed by atoms with Crippen LogP contribution in [-0.2, 0) is 6.42 Å². The zero-order chi connectivity index (χ0) is 12.8. The monoisotopic (exact) mass is 246 g/mol. The van der Waals surface area contributed by atoms with Crippen molar-refractivity contribution in [3.8, 4) is 0 Å². The van der Waals surface area contributed by atoms with Crippen LogP contribution in [0.1, 0.15) is 44.6 Å². The average Bonchev–Trinajstić information content (AvgIpc) is 2.40. The van der Waals surface area contributed by atoms with Gasteiger partial charge in [0.25, 0.3) is 0 Å². The Morgan fingerprint density at radius 1 is 1.17 bits per heavy atom. The molecule has 1 aliphatic carbocycles. The van der Waals surface area contributed by atoms with E-state index >= 15 is 0 Å². The van der Waals surface area contributed by atoms with Crippen LogP contribution in [0.4, 0.5) is 10.5 Å². The molecule has 0 saturated heterocycles. The standard InChI is InChI=1S/C15H22N2O/c1-2-12-8-10-14(11-9-12)17-15(18)16-13-6-4-3-5-7-13/h8-11,13H,2-7H2,1H3,(H2,16,17,18). The van der Waals surface area contributed by atoms with E-state index in [1.807, 2.05) is 12.1 Å². The number of hydrogen-bond acceptors (Lipinski definition) is 1. The average molecular weight is 246 g/mol. The number of rotatable bonds is 3. The summed E-state index contributed by atoms with van der Waals surface area (Å²) in [7, 11) is 0. The minimum atomic E-state index is -0.0776. The van der Waals surface area contributed by atoms with E-state index in [9.17, 15) is 4.79 Å². The van der Waals surface area contributed by atoms with Gasteiger partial charge in [0.05, 0.1) is 0 Å². The van der Waals surface area contributed by atoms with E-state index in [1.54, 1.807) is 0 Å². The molecule has 18 heavy (non-hydrogen) atoms. The molecule has 0 atom stereocenters. The third-order valence-corrected chi connectivity index (χ3v) is 3.56. The molecule has 2 amide bonds. The summed E-state index contributed by atoms with van der Waals surface area (Å²) in [6.45, 7) is 2.12. The molecule has 0 aromatic heterocycles. The molecule has 1 aromatic rings. The molecular weight excluding hydrogens is 224 g/mol. The molecule has 98 valence electrons. The first-order chi connectivity index (χ1) is 8.78. The van der Waals surface area contributed by atoms with Crippen LogP contribution in [0.3, 0.4) is 0 Å². The number of carbonyl (C=O) groups excluding carboxylic acids is 1. The van der Waals surface area contributed by atoms with Crippen molar-refractivity contribution < 1.29 is 4.79 Å². The van der Waals surface area contributed by atoms with Gasteiger partial charge >= 0.3 is 6.03 Å². The van der Waals surface area contributed by atoms with Gasteiger partial charge < -0.3 is 10.6 Å². The molecule has 3 nitrogen and oxygen atoms in total. The zero-order valence-corrected chi connectivity index (χ0v) is 11.0. The Morgan fingerprint density at radius 3 is 2.44 bits per heavy atom. The molecule has 0 radical (unpaired) electrons. The fourth-order valence-corrected chi connectivity index (χ4v) is 2.42. The molecule has 0 spiro atoms. The molecule has 1 fully saturated rings. The minimum Gasteiger partial charge on any atom is -0.335 e. The zero-order valence-electron chi connectivity index (χ0n) is 11.0. The van der Waals surface area contributed by atoms with Crippen molar-refractivity contribution >= 4 is 11.7 Å². The van der Waals surface area contributed by atoms with Crippen LogP contribution in [0.25, 0.3) is 0 Å². The van der Waals surface area contributed by atoms with Crippen molar-refractivity contribution in [2.24, 2.45) is 0 Å². The summed E-state index contributed by atoms with van der Waals surface area (Å²) in [6.07, 6.45) is 7.02. The fourth-order valence-electron chi connectivity index (χ4n) is 2.42. The van der Waals surface area contributed by atoms with Gasteiger partial charge in [-0.3, -0.25) is 0 Å². The Kier molecular flexibility index (Phi) is 4.62. The van der Waals surface area contributed by atoms with Gasteiger partial charge in [-0.25, -0.2) is 4.79 Å². The number of carbonyl (C=O) groups is 1. The second-order valence-electron chi connectivity index (χ2n) is 4.98. The maximum absolute atomic E-state index is 11.8. The number of benzene rings is 1. The maximum Gasteiger partial charge on any atom is 0.319 e. The number of hydrogen-bond donors (Lipinski definition) is 2. The van der Waals surface area contributed by atoms with Gasteiger partial charge in [0, 0.05) is 11.7 Å². The van der Waals surface area contributed by atoms with Gasteiger partial charge in [0.1, 0.15) is 0 Å². The lowest BCUT2D eigenvalue weighted by Gasteiger charge is -2.22. The lowest BCUT2D eigenvalue weighted by atomic mass is 9.96. The van der Waals surface area contributed by atoms with Crippen LogP contribution in [-0.4, -0.2) is 12.1 Å². The van der Waals surface area contributed by atoms with Gasteiger partial charge in [-0.2, -0.15) is 0 Å². The highest BCUT2D eigenvalue weighted by Crippen LogP contribution is 2.17. The number of urea groups is 1. The predicted molar refractivity (Wildman–Crippen MR) is 74.8 cm³/mol. The second kappa shape index (κ2) is 6.43. The molecule has 1 aliphatic rings. The smallest absolute Gasteiger partial charge is 0.319 e. The molecule has 2 N–H and O–H groups in total. The van der Waals surface area contributed by atoms with Crippen molar-refractivity contribution in [3.05, 3.63) is 29.8 Å². The van der Waals surface area contributed by atoms with E-state index in [2.05, 4.69) is 29.7 Å². The van der Waals surface area contributed by atoms with Gasteiger partial charge in [-0.1, -0.05) is 38.3 Å². The predicted octanol–water partition coefficient (Wildman–Crippen LogP) is 3.70. The Balaban J connectivity index is 1.82. The Labute approximate surface area is 109 Å². The highest BCUT2D eigenvalue weighted by Gasteiger charge is 2.15. The summed E-state index contributed by atoms with van der Waals surface area (Å²) >= 11 is 0. The quantitative estimate of drug-likeness (QED) is 0.838. The Morgan fingerprint density at radius 2 is 1.83 bits per heavy atom. The highest BCUT2D eigenvalue weighted by atomic mass is 16.2. The fraction of sp³-hybridized carbons (Fsp3) is 0.533. The summed E-state index contributed by atoms with van der Waals surface area (Å²) in [4.78, 5) is 11.8. The summed E-state index contributed by atoms with van der Waals surface area (Å²) < 4.78 is 0. The first kappa shape index (κ1) is 12.9. The maximum atomic E-state index is 11.8. The van der Waals surface area contributed by atoms with E-state index in [1.165, 1.54) is 24.8 Å². The molecule has 1 saturated carbocycles. The van der Waals surface area contributed by atoms with Gasteiger partial charge in [-0.15, -0.1) is 0 Å². The summed E-state index contributed by atoms with van der Waals surface area (Å²) in [5.41, 5.74) is 2.15. The second-order valence-corrected chi connectivity index (χ2v) is 4.98. The number of nitrogens with one attached hydrogen (secondary N) is 2. The lowest BCUT2D eigenvalue weighted by molar-refractivity contribution is 0.244. The van der Waals surface area contributed by atoms with Gasteiger partial charge in [-0.05, 0) is 37.0 Å². The molecule has 0 bridgehead atoms. The molecule has 2 rings (SSSR count). The minimum absolute atomic E-state index is 0.0776. The van der Waals surface area contributed by atoms with Crippen LogP contribution in [0.5, 0.6) is 0 Å². The topological polar surface area (TPSA) is 41.1 Å². The lowest BCUT2D eigenvalue weighted by Crippen LogP contribution is -2.38. The molecule has 0 heterocycles. The SMILES string of the molecule is CCc1ccc(NC(=O)NC2CCCCC2)cc1. The van der Waals surface area contributed by atoms with E-state index < -0.39 is 0 Å². The van der Waals surface area contributed by atoms with E-state index in [0.717, 1.165) is 24.9 Å². The van der Waals surface area contributed by atoms with E-state index in [-0.39, 0.29) is 6.03 Å². The van der Waals surface area contributed by atoms with Crippen molar-refractivity contribution in [3.63, 3.8) is 0 Å². The number of amides is 2. The number of anilines is 1. The van der Waals surface area contributed by atoms with Crippen LogP contribution in [0, 0.1) is 0 Å². The van der Waals surface area contributed by atoms with Crippen molar-refractivity contribution in [1.29, 1.82) is 0 Å². The highest BCUT2D eigenvalue weighted by molar-refractivity contribution is 5.89. The molecule has 3 heteroatoms. The third-order valence-electron chi connectivity index (χ3n) is 3.56. The first-order valence-electron chi connectivity index (χ1n) is 6.94. The summed E-state index contributed by atoms with van der Waals surface area (Å²) in [6, 6.07) is 8.30. The molecule has 0 unspecified atom stereocenters. The van der Waals surface area contributed by atoms with Gasteiger partial charge in [0.2, 0.25) is 0 Å². The van der Waals surface area contributed by atoms with E-state index in [0.29, 0.717) is 6.04 Å². The van der Waals surface area contributed by atoms with Gasteiger partial charge in [0.15, 0.2) is 0 Å². The molecule has 1 aromatic carbocycles. The van der Waals surface area contributed by atoms with Crippen LogP contribution >= 0.6 is 0 Å². The van der Waals surface area contributed by atoms with E-state index in [4.69, 9.17) is 0 Å². The summed E-state index contributed by atoms with van der Waals surface area (Å²) in [5.74, 6) is 0.